The molecule has 0 radical (unpaired) electrons. The van der Waals surface area contributed by atoms with Crippen molar-refractivity contribution < 1.29 is 9.53 Å². The zero-order valence-corrected chi connectivity index (χ0v) is 11.3. The molecule has 0 aromatic heterocycles. The zero-order valence-electron chi connectivity index (χ0n) is 11.3. The maximum absolute atomic E-state index is 11.5. The highest BCUT2D eigenvalue weighted by atomic mass is 16.5. The summed E-state index contributed by atoms with van der Waals surface area (Å²) in [4.78, 5) is 11.5. The van der Waals surface area contributed by atoms with Gasteiger partial charge in [0.05, 0.1) is 6.61 Å². The van der Waals surface area contributed by atoms with E-state index in [0.717, 1.165) is 13.0 Å². The second-order valence-corrected chi connectivity index (χ2v) is 4.92. The quantitative estimate of drug-likeness (QED) is 0.692. The number of ether oxygens (including phenoxy) is 1. The van der Waals surface area contributed by atoms with Crippen molar-refractivity contribution in [2.24, 2.45) is 0 Å². The number of carbonyl (C=O) groups is 1. The Bertz CT molecular complexity index is 227. The summed E-state index contributed by atoms with van der Waals surface area (Å²) in [6, 6.07) is 0.721. The van der Waals surface area contributed by atoms with E-state index in [-0.39, 0.29) is 12.0 Å². The minimum atomic E-state index is -0.214. The molecule has 0 aliphatic carbocycles. The maximum atomic E-state index is 11.5. The van der Waals surface area contributed by atoms with Crippen molar-refractivity contribution in [3.8, 4) is 0 Å². The third-order valence-electron chi connectivity index (χ3n) is 3.23. The van der Waals surface area contributed by atoms with Crippen molar-refractivity contribution in [2.45, 2.75) is 64.6 Å². The molecule has 1 aliphatic rings. The van der Waals surface area contributed by atoms with Gasteiger partial charge in [-0.2, -0.15) is 0 Å². The monoisotopic (exact) mass is 242 g/mol. The molecule has 1 heterocycles. The van der Waals surface area contributed by atoms with Gasteiger partial charge in [-0.25, -0.2) is 0 Å². The van der Waals surface area contributed by atoms with Crippen molar-refractivity contribution in [1.29, 1.82) is 0 Å². The van der Waals surface area contributed by atoms with E-state index in [0.29, 0.717) is 18.7 Å². The topological polar surface area (TPSA) is 50.4 Å². The number of hydrogen-bond donors (Lipinski definition) is 2. The maximum Gasteiger partial charge on any atom is 0.322 e. The smallest absolute Gasteiger partial charge is 0.322 e. The molecule has 0 bridgehead atoms. The lowest BCUT2D eigenvalue weighted by Crippen LogP contribution is -2.45. The second-order valence-electron chi connectivity index (χ2n) is 4.92. The van der Waals surface area contributed by atoms with E-state index in [2.05, 4.69) is 17.6 Å². The standard InChI is InChI=1S/C13H26N2O2/c1-4-17-13(16)11(3)15-10(2)9-12-7-5-6-8-14-12/h10-12,14-15H,4-9H2,1-3H3. The van der Waals surface area contributed by atoms with Crippen molar-refractivity contribution in [3.63, 3.8) is 0 Å². The van der Waals surface area contributed by atoms with Gasteiger partial charge in [0.15, 0.2) is 0 Å². The summed E-state index contributed by atoms with van der Waals surface area (Å²) in [5.74, 6) is -0.157. The minimum Gasteiger partial charge on any atom is -0.465 e. The Morgan fingerprint density at radius 1 is 1.47 bits per heavy atom. The molecule has 4 heteroatoms. The molecule has 1 fully saturated rings. The highest BCUT2D eigenvalue weighted by molar-refractivity contribution is 5.75. The van der Waals surface area contributed by atoms with Gasteiger partial charge in [0.1, 0.15) is 6.04 Å². The second kappa shape index (κ2) is 7.67. The molecule has 0 spiro atoms. The van der Waals surface area contributed by atoms with Crippen molar-refractivity contribution in [1.82, 2.24) is 10.6 Å². The molecule has 0 amide bonds. The Morgan fingerprint density at radius 2 is 2.24 bits per heavy atom. The minimum absolute atomic E-state index is 0.157. The number of piperidine rings is 1. The van der Waals surface area contributed by atoms with Crippen LogP contribution in [-0.2, 0) is 9.53 Å². The van der Waals surface area contributed by atoms with E-state index in [9.17, 15) is 4.79 Å². The van der Waals surface area contributed by atoms with Crippen LogP contribution in [-0.4, -0.2) is 37.2 Å². The first-order chi connectivity index (χ1) is 8.13. The molecule has 2 N–H and O–H groups in total. The molecule has 17 heavy (non-hydrogen) atoms. The van der Waals surface area contributed by atoms with Crippen LogP contribution in [0.3, 0.4) is 0 Å². The lowest BCUT2D eigenvalue weighted by molar-refractivity contribution is -0.145. The van der Waals surface area contributed by atoms with Gasteiger partial charge in [0.2, 0.25) is 0 Å². The lowest BCUT2D eigenvalue weighted by atomic mass is 9.98. The Morgan fingerprint density at radius 3 is 2.82 bits per heavy atom. The summed E-state index contributed by atoms with van der Waals surface area (Å²) in [5, 5.41) is 6.82. The molecular weight excluding hydrogens is 216 g/mol. The summed E-state index contributed by atoms with van der Waals surface area (Å²) in [6.07, 6.45) is 4.93. The first-order valence-corrected chi connectivity index (χ1v) is 6.79. The molecule has 1 aliphatic heterocycles. The first kappa shape index (κ1) is 14.5. The molecule has 3 atom stereocenters. The summed E-state index contributed by atoms with van der Waals surface area (Å²) in [5.41, 5.74) is 0. The van der Waals surface area contributed by atoms with E-state index in [4.69, 9.17) is 4.74 Å². The van der Waals surface area contributed by atoms with Gasteiger partial charge in [0, 0.05) is 12.1 Å². The van der Waals surface area contributed by atoms with Gasteiger partial charge in [-0.3, -0.25) is 4.79 Å². The van der Waals surface area contributed by atoms with Crippen LogP contribution < -0.4 is 10.6 Å². The molecule has 4 nitrogen and oxygen atoms in total. The average Bonchev–Trinajstić information content (AvgIpc) is 2.30. The molecule has 0 aromatic rings. The van der Waals surface area contributed by atoms with Gasteiger partial charge in [-0.1, -0.05) is 6.42 Å². The SMILES string of the molecule is CCOC(=O)C(C)NC(C)CC1CCCCN1. The molecule has 0 aromatic carbocycles. The van der Waals surface area contributed by atoms with Crippen LogP contribution in [0, 0.1) is 0 Å². The van der Waals surface area contributed by atoms with Crippen LogP contribution in [0.4, 0.5) is 0 Å². The van der Waals surface area contributed by atoms with Crippen molar-refractivity contribution in [3.05, 3.63) is 0 Å². The van der Waals surface area contributed by atoms with Crippen LogP contribution in [0.5, 0.6) is 0 Å². The van der Waals surface area contributed by atoms with Crippen molar-refractivity contribution in [2.75, 3.05) is 13.2 Å². The van der Waals surface area contributed by atoms with Gasteiger partial charge in [-0.15, -0.1) is 0 Å². The lowest BCUT2D eigenvalue weighted by Gasteiger charge is -2.27. The highest BCUT2D eigenvalue weighted by Gasteiger charge is 2.20. The molecule has 1 saturated heterocycles. The number of rotatable bonds is 6. The van der Waals surface area contributed by atoms with Crippen molar-refractivity contribution >= 4 is 5.97 Å². The molecule has 1 rings (SSSR count). The van der Waals surface area contributed by atoms with Crippen LogP contribution >= 0.6 is 0 Å². The van der Waals surface area contributed by atoms with Crippen LogP contribution in [0.25, 0.3) is 0 Å². The Hall–Kier alpha value is -0.610. The Balaban J connectivity index is 2.22. The number of hydrogen-bond acceptors (Lipinski definition) is 4. The average molecular weight is 242 g/mol. The fourth-order valence-corrected chi connectivity index (χ4v) is 2.38. The Labute approximate surface area is 104 Å². The van der Waals surface area contributed by atoms with E-state index in [1.807, 2.05) is 13.8 Å². The van der Waals surface area contributed by atoms with Gasteiger partial charge < -0.3 is 15.4 Å². The molecule has 100 valence electrons. The van der Waals surface area contributed by atoms with Gasteiger partial charge in [0.25, 0.3) is 0 Å². The molecule has 3 unspecified atom stereocenters. The summed E-state index contributed by atoms with van der Waals surface area (Å²) in [7, 11) is 0. The van der Waals surface area contributed by atoms with Gasteiger partial charge >= 0.3 is 5.97 Å². The first-order valence-electron chi connectivity index (χ1n) is 6.79. The van der Waals surface area contributed by atoms with E-state index >= 15 is 0 Å². The third-order valence-corrected chi connectivity index (χ3v) is 3.23. The summed E-state index contributed by atoms with van der Waals surface area (Å²) >= 11 is 0. The Kier molecular flexibility index (Phi) is 6.52. The predicted molar refractivity (Wildman–Crippen MR) is 69.0 cm³/mol. The van der Waals surface area contributed by atoms with E-state index in [1.165, 1.54) is 19.3 Å². The number of esters is 1. The number of nitrogens with one attached hydrogen (secondary N) is 2. The summed E-state index contributed by atoms with van der Waals surface area (Å²) in [6.45, 7) is 7.41. The normalized spacial score (nSPS) is 24.1. The summed E-state index contributed by atoms with van der Waals surface area (Å²) < 4.78 is 4.98. The predicted octanol–water partition coefficient (Wildman–Crippen LogP) is 1.45. The van der Waals surface area contributed by atoms with E-state index < -0.39 is 0 Å². The number of carbonyl (C=O) groups excluding carboxylic acids is 1. The fourth-order valence-electron chi connectivity index (χ4n) is 2.38. The molecular formula is C13H26N2O2. The van der Waals surface area contributed by atoms with E-state index in [1.54, 1.807) is 0 Å². The van der Waals surface area contributed by atoms with Crippen LogP contribution in [0.2, 0.25) is 0 Å². The van der Waals surface area contributed by atoms with Crippen LogP contribution in [0.15, 0.2) is 0 Å². The fraction of sp³-hybridized carbons (Fsp3) is 0.923. The third kappa shape index (κ3) is 5.50. The zero-order chi connectivity index (χ0) is 12.7. The largest absolute Gasteiger partial charge is 0.465 e. The van der Waals surface area contributed by atoms with Crippen LogP contribution in [0.1, 0.15) is 46.5 Å². The van der Waals surface area contributed by atoms with Gasteiger partial charge in [-0.05, 0) is 46.6 Å². The molecule has 0 saturated carbocycles. The highest BCUT2D eigenvalue weighted by Crippen LogP contribution is 2.12.